The van der Waals surface area contributed by atoms with Crippen molar-refractivity contribution in [1.82, 2.24) is 0 Å². The summed E-state index contributed by atoms with van der Waals surface area (Å²) in [5, 5.41) is 6.46. The molecule has 0 aromatic heterocycles. The lowest BCUT2D eigenvalue weighted by molar-refractivity contribution is 0.489. The first-order valence-corrected chi connectivity index (χ1v) is 7.13. The molecule has 2 aromatic rings. The summed E-state index contributed by atoms with van der Waals surface area (Å²) >= 11 is 0. The fraction of sp³-hybridized carbons (Fsp3) is 0.412. The standard InChI is InChI=1S/C17H21N/c1-2-13-8-5-11-16(13)18-17-12-6-9-14-7-3-4-10-15(14)17/h3-4,6-7,9-10,12-13,16,18H,2,5,8,11H2,1H3. The topological polar surface area (TPSA) is 12.0 Å². The molecule has 2 aromatic carbocycles. The maximum atomic E-state index is 3.78. The molecule has 0 heterocycles. The van der Waals surface area contributed by atoms with E-state index in [0.29, 0.717) is 6.04 Å². The highest BCUT2D eigenvalue weighted by Crippen LogP contribution is 2.32. The Hall–Kier alpha value is -1.50. The van der Waals surface area contributed by atoms with Gasteiger partial charge in [0, 0.05) is 17.1 Å². The second kappa shape index (κ2) is 5.01. The van der Waals surface area contributed by atoms with Crippen LogP contribution in [-0.4, -0.2) is 6.04 Å². The molecule has 0 radical (unpaired) electrons. The minimum Gasteiger partial charge on any atom is -0.382 e. The summed E-state index contributed by atoms with van der Waals surface area (Å²) in [6.45, 7) is 2.31. The van der Waals surface area contributed by atoms with Crippen LogP contribution in [0.3, 0.4) is 0 Å². The summed E-state index contributed by atoms with van der Waals surface area (Å²) in [6, 6.07) is 15.9. The molecule has 1 aliphatic rings. The highest BCUT2D eigenvalue weighted by Gasteiger charge is 2.25. The van der Waals surface area contributed by atoms with Crippen molar-refractivity contribution in [1.29, 1.82) is 0 Å². The Morgan fingerprint density at radius 2 is 1.89 bits per heavy atom. The molecular weight excluding hydrogens is 218 g/mol. The molecule has 0 bridgehead atoms. The van der Waals surface area contributed by atoms with Gasteiger partial charge in [0.2, 0.25) is 0 Å². The van der Waals surface area contributed by atoms with E-state index < -0.39 is 0 Å². The van der Waals surface area contributed by atoms with Crippen molar-refractivity contribution in [2.45, 2.75) is 38.6 Å². The molecular formula is C17H21N. The van der Waals surface area contributed by atoms with Crippen molar-refractivity contribution in [2.24, 2.45) is 5.92 Å². The van der Waals surface area contributed by atoms with Crippen LogP contribution >= 0.6 is 0 Å². The zero-order valence-electron chi connectivity index (χ0n) is 11.0. The van der Waals surface area contributed by atoms with Gasteiger partial charge >= 0.3 is 0 Å². The zero-order valence-corrected chi connectivity index (χ0v) is 11.0. The maximum Gasteiger partial charge on any atom is 0.0422 e. The van der Waals surface area contributed by atoms with Crippen LogP contribution in [0.5, 0.6) is 0 Å². The van der Waals surface area contributed by atoms with Crippen LogP contribution in [0.15, 0.2) is 42.5 Å². The van der Waals surface area contributed by atoms with E-state index in [1.807, 2.05) is 0 Å². The number of hydrogen-bond donors (Lipinski definition) is 1. The molecule has 3 rings (SSSR count). The Labute approximate surface area is 109 Å². The second-order valence-corrected chi connectivity index (χ2v) is 5.38. The van der Waals surface area contributed by atoms with Crippen molar-refractivity contribution in [2.75, 3.05) is 5.32 Å². The number of hydrogen-bond acceptors (Lipinski definition) is 1. The van der Waals surface area contributed by atoms with E-state index in [9.17, 15) is 0 Å². The van der Waals surface area contributed by atoms with Gasteiger partial charge in [-0.15, -0.1) is 0 Å². The van der Waals surface area contributed by atoms with E-state index in [1.165, 1.54) is 42.1 Å². The van der Waals surface area contributed by atoms with Crippen molar-refractivity contribution in [3.05, 3.63) is 42.5 Å². The number of fused-ring (bicyclic) bond motifs is 1. The van der Waals surface area contributed by atoms with Crippen LogP contribution < -0.4 is 5.32 Å². The van der Waals surface area contributed by atoms with Crippen LogP contribution in [0.2, 0.25) is 0 Å². The molecule has 94 valence electrons. The van der Waals surface area contributed by atoms with Gasteiger partial charge in [0.25, 0.3) is 0 Å². The summed E-state index contributed by atoms with van der Waals surface area (Å²) in [5.41, 5.74) is 1.30. The van der Waals surface area contributed by atoms with Crippen molar-refractivity contribution in [3.8, 4) is 0 Å². The highest BCUT2D eigenvalue weighted by atomic mass is 14.9. The summed E-state index contributed by atoms with van der Waals surface area (Å²) in [4.78, 5) is 0. The van der Waals surface area contributed by atoms with Gasteiger partial charge in [-0.05, 0) is 30.2 Å². The van der Waals surface area contributed by atoms with E-state index in [1.54, 1.807) is 0 Å². The Morgan fingerprint density at radius 3 is 2.78 bits per heavy atom. The van der Waals surface area contributed by atoms with Gasteiger partial charge in [-0.3, -0.25) is 0 Å². The van der Waals surface area contributed by atoms with Gasteiger partial charge in [0.1, 0.15) is 0 Å². The van der Waals surface area contributed by atoms with E-state index >= 15 is 0 Å². The molecule has 2 atom stereocenters. The predicted molar refractivity (Wildman–Crippen MR) is 79.0 cm³/mol. The SMILES string of the molecule is CCC1CCCC1Nc1cccc2ccccc12. The Balaban J connectivity index is 1.90. The first-order chi connectivity index (χ1) is 8.88. The Morgan fingerprint density at radius 1 is 1.06 bits per heavy atom. The average molecular weight is 239 g/mol. The maximum absolute atomic E-state index is 3.78. The lowest BCUT2D eigenvalue weighted by atomic mass is 9.99. The van der Waals surface area contributed by atoms with Crippen LogP contribution in [-0.2, 0) is 0 Å². The Kier molecular flexibility index (Phi) is 3.22. The second-order valence-electron chi connectivity index (χ2n) is 5.38. The van der Waals surface area contributed by atoms with Crippen LogP contribution in [0.4, 0.5) is 5.69 Å². The average Bonchev–Trinajstić information content (AvgIpc) is 2.86. The largest absolute Gasteiger partial charge is 0.382 e. The monoisotopic (exact) mass is 239 g/mol. The number of benzene rings is 2. The molecule has 0 spiro atoms. The van der Waals surface area contributed by atoms with E-state index in [2.05, 4.69) is 54.7 Å². The van der Waals surface area contributed by atoms with Gasteiger partial charge in [-0.25, -0.2) is 0 Å². The summed E-state index contributed by atoms with van der Waals surface area (Å²) < 4.78 is 0. The third-order valence-electron chi connectivity index (χ3n) is 4.31. The van der Waals surface area contributed by atoms with Crippen LogP contribution in [0.25, 0.3) is 10.8 Å². The molecule has 1 fully saturated rings. The number of nitrogens with one attached hydrogen (secondary N) is 1. The van der Waals surface area contributed by atoms with E-state index in [0.717, 1.165) is 5.92 Å². The molecule has 1 aliphatic carbocycles. The fourth-order valence-electron chi connectivity index (χ4n) is 3.27. The van der Waals surface area contributed by atoms with Crippen LogP contribution in [0, 0.1) is 5.92 Å². The Bertz CT molecular complexity index is 527. The van der Waals surface area contributed by atoms with Gasteiger partial charge in [-0.1, -0.05) is 56.2 Å². The van der Waals surface area contributed by atoms with E-state index in [4.69, 9.17) is 0 Å². The molecule has 1 heteroatoms. The minimum absolute atomic E-state index is 0.667. The zero-order chi connectivity index (χ0) is 12.4. The molecule has 0 aliphatic heterocycles. The van der Waals surface area contributed by atoms with Crippen molar-refractivity contribution < 1.29 is 0 Å². The van der Waals surface area contributed by atoms with Gasteiger partial charge in [-0.2, -0.15) is 0 Å². The highest BCUT2D eigenvalue weighted by molar-refractivity contribution is 5.93. The third kappa shape index (κ3) is 2.10. The van der Waals surface area contributed by atoms with Gasteiger partial charge < -0.3 is 5.32 Å². The molecule has 18 heavy (non-hydrogen) atoms. The normalized spacial score (nSPS) is 23.4. The van der Waals surface area contributed by atoms with E-state index in [-0.39, 0.29) is 0 Å². The summed E-state index contributed by atoms with van der Waals surface area (Å²) in [6.07, 6.45) is 5.38. The summed E-state index contributed by atoms with van der Waals surface area (Å²) in [5.74, 6) is 0.851. The molecule has 0 saturated heterocycles. The predicted octanol–water partition coefficient (Wildman–Crippen LogP) is 4.83. The molecule has 1 saturated carbocycles. The fourth-order valence-corrected chi connectivity index (χ4v) is 3.27. The quantitative estimate of drug-likeness (QED) is 0.809. The first-order valence-electron chi connectivity index (χ1n) is 7.13. The number of anilines is 1. The molecule has 1 N–H and O–H groups in total. The van der Waals surface area contributed by atoms with Gasteiger partial charge in [0.15, 0.2) is 0 Å². The molecule has 0 amide bonds. The van der Waals surface area contributed by atoms with Crippen molar-refractivity contribution in [3.63, 3.8) is 0 Å². The lowest BCUT2D eigenvalue weighted by Crippen LogP contribution is -2.23. The van der Waals surface area contributed by atoms with Gasteiger partial charge in [0.05, 0.1) is 0 Å². The molecule has 2 unspecified atom stereocenters. The first kappa shape index (κ1) is 11.6. The molecule has 1 nitrogen and oxygen atoms in total. The summed E-state index contributed by atoms with van der Waals surface area (Å²) in [7, 11) is 0. The smallest absolute Gasteiger partial charge is 0.0422 e. The lowest BCUT2D eigenvalue weighted by Gasteiger charge is -2.22. The third-order valence-corrected chi connectivity index (χ3v) is 4.31. The minimum atomic E-state index is 0.667. The number of rotatable bonds is 3. The van der Waals surface area contributed by atoms with Crippen LogP contribution in [0.1, 0.15) is 32.6 Å². The van der Waals surface area contributed by atoms with Crippen molar-refractivity contribution >= 4 is 16.5 Å².